The summed E-state index contributed by atoms with van der Waals surface area (Å²) in [5.74, 6) is 0. The third-order valence-electron chi connectivity index (χ3n) is 3.68. The predicted octanol–water partition coefficient (Wildman–Crippen LogP) is 4.71. The first-order valence-electron chi connectivity index (χ1n) is 7.45. The largest absolute Gasteiger partial charge is 0.365 e. The summed E-state index contributed by atoms with van der Waals surface area (Å²) in [6.45, 7) is 6.11. The number of hydrogen-bond donors (Lipinski definition) is 1. The van der Waals surface area contributed by atoms with Gasteiger partial charge in [0.15, 0.2) is 0 Å². The van der Waals surface area contributed by atoms with Gasteiger partial charge in [0.25, 0.3) is 0 Å². The molecule has 1 atom stereocenters. The van der Waals surface area contributed by atoms with Crippen LogP contribution in [0, 0.1) is 0 Å². The molecule has 2 nitrogen and oxygen atoms in total. The van der Waals surface area contributed by atoms with Gasteiger partial charge in [0, 0.05) is 17.5 Å². The van der Waals surface area contributed by atoms with E-state index in [0.717, 1.165) is 36.6 Å². The lowest BCUT2D eigenvalue weighted by Crippen LogP contribution is -2.23. The first-order valence-corrected chi connectivity index (χ1v) is 8.71. The van der Waals surface area contributed by atoms with Gasteiger partial charge in [-0.15, -0.1) is 11.3 Å². The van der Waals surface area contributed by atoms with Gasteiger partial charge in [-0.05, 0) is 48.9 Å². The molecule has 1 aromatic carbocycles. The molecule has 1 unspecified atom stereocenters. The van der Waals surface area contributed by atoms with Gasteiger partial charge in [-0.2, -0.15) is 0 Å². The van der Waals surface area contributed by atoms with E-state index < -0.39 is 0 Å². The summed E-state index contributed by atoms with van der Waals surface area (Å²) in [6.07, 6.45) is 1.87. The molecule has 0 aliphatic heterocycles. The third-order valence-corrected chi connectivity index (χ3v) is 4.85. The Kier molecular flexibility index (Phi) is 6.09. The minimum atomic E-state index is 0.209. The molecule has 0 radical (unpaired) electrons. The van der Waals surface area contributed by atoms with Crippen LogP contribution in [0.4, 0.5) is 5.69 Å². The van der Waals surface area contributed by atoms with Crippen molar-refractivity contribution in [3.05, 3.63) is 51.2 Å². The lowest BCUT2D eigenvalue weighted by molar-refractivity contribution is 0.646. The van der Waals surface area contributed by atoms with Crippen molar-refractivity contribution in [1.29, 1.82) is 0 Å². The van der Waals surface area contributed by atoms with Gasteiger partial charge >= 0.3 is 0 Å². The van der Waals surface area contributed by atoms with Gasteiger partial charge in [-0.25, -0.2) is 0 Å². The maximum absolute atomic E-state index is 6.49. The SMILES string of the molecule is CCC(N)Cc1ccc(N(CC)Cc2cccs2)c(Cl)c1. The molecule has 1 aromatic heterocycles. The van der Waals surface area contributed by atoms with Gasteiger partial charge in [0.05, 0.1) is 17.3 Å². The molecule has 0 aliphatic rings. The number of nitrogens with zero attached hydrogens (tertiary/aromatic N) is 1. The fourth-order valence-corrected chi connectivity index (χ4v) is 3.38. The summed E-state index contributed by atoms with van der Waals surface area (Å²) in [5, 5.41) is 2.93. The number of benzene rings is 1. The number of hydrogen-bond acceptors (Lipinski definition) is 3. The standard InChI is InChI=1S/C17H23ClN2S/c1-3-14(19)10-13-7-8-17(16(18)11-13)20(4-2)12-15-6-5-9-21-15/h5-9,11,14H,3-4,10,12,19H2,1-2H3. The maximum atomic E-state index is 6.49. The topological polar surface area (TPSA) is 29.3 Å². The van der Waals surface area contributed by atoms with Gasteiger partial charge in [-0.1, -0.05) is 30.7 Å². The Morgan fingerprint density at radius 3 is 2.67 bits per heavy atom. The Balaban J connectivity index is 2.14. The lowest BCUT2D eigenvalue weighted by Gasteiger charge is -2.24. The monoisotopic (exact) mass is 322 g/mol. The molecule has 0 spiro atoms. The molecule has 0 bridgehead atoms. The van der Waals surface area contributed by atoms with Crippen LogP contribution in [0.3, 0.4) is 0 Å². The summed E-state index contributed by atoms with van der Waals surface area (Å²) < 4.78 is 0. The van der Waals surface area contributed by atoms with Crippen LogP contribution in [-0.4, -0.2) is 12.6 Å². The lowest BCUT2D eigenvalue weighted by atomic mass is 10.0. The molecule has 2 N–H and O–H groups in total. The molecule has 0 saturated heterocycles. The van der Waals surface area contributed by atoms with Crippen molar-refractivity contribution in [2.45, 2.75) is 39.3 Å². The van der Waals surface area contributed by atoms with Crippen molar-refractivity contribution < 1.29 is 0 Å². The van der Waals surface area contributed by atoms with Crippen molar-refractivity contribution in [2.75, 3.05) is 11.4 Å². The van der Waals surface area contributed by atoms with E-state index in [4.69, 9.17) is 17.3 Å². The Labute approximate surface area is 136 Å². The van der Waals surface area contributed by atoms with Crippen LogP contribution in [0.5, 0.6) is 0 Å². The van der Waals surface area contributed by atoms with Crippen LogP contribution in [0.1, 0.15) is 30.7 Å². The van der Waals surface area contributed by atoms with E-state index in [1.807, 2.05) is 0 Å². The molecule has 2 aromatic rings. The molecule has 1 heterocycles. The van der Waals surface area contributed by atoms with E-state index >= 15 is 0 Å². The van der Waals surface area contributed by atoms with Crippen LogP contribution < -0.4 is 10.6 Å². The zero-order valence-electron chi connectivity index (χ0n) is 12.7. The zero-order valence-corrected chi connectivity index (χ0v) is 14.3. The normalized spacial score (nSPS) is 12.4. The second-order valence-electron chi connectivity index (χ2n) is 5.25. The summed E-state index contributed by atoms with van der Waals surface area (Å²) >= 11 is 8.27. The van der Waals surface area contributed by atoms with Crippen molar-refractivity contribution in [2.24, 2.45) is 5.73 Å². The Morgan fingerprint density at radius 1 is 1.29 bits per heavy atom. The van der Waals surface area contributed by atoms with E-state index in [2.05, 4.69) is 54.5 Å². The minimum Gasteiger partial charge on any atom is -0.365 e. The highest BCUT2D eigenvalue weighted by Crippen LogP contribution is 2.29. The van der Waals surface area contributed by atoms with Crippen LogP contribution in [0.25, 0.3) is 0 Å². The van der Waals surface area contributed by atoms with E-state index in [9.17, 15) is 0 Å². The zero-order chi connectivity index (χ0) is 15.2. The van der Waals surface area contributed by atoms with Crippen molar-refractivity contribution in [1.82, 2.24) is 0 Å². The molecule has 4 heteroatoms. The summed E-state index contributed by atoms with van der Waals surface area (Å²) in [5.41, 5.74) is 8.33. The predicted molar refractivity (Wildman–Crippen MR) is 94.5 cm³/mol. The van der Waals surface area contributed by atoms with E-state index in [-0.39, 0.29) is 6.04 Å². The smallest absolute Gasteiger partial charge is 0.0642 e. The highest BCUT2D eigenvalue weighted by molar-refractivity contribution is 7.09. The molecule has 114 valence electrons. The van der Waals surface area contributed by atoms with Gasteiger partial charge in [0.1, 0.15) is 0 Å². The number of anilines is 1. The molecule has 21 heavy (non-hydrogen) atoms. The highest BCUT2D eigenvalue weighted by Gasteiger charge is 2.11. The van der Waals surface area contributed by atoms with Crippen LogP contribution in [0.15, 0.2) is 35.7 Å². The van der Waals surface area contributed by atoms with E-state index in [1.54, 1.807) is 11.3 Å². The third kappa shape index (κ3) is 4.47. The highest BCUT2D eigenvalue weighted by atomic mass is 35.5. The van der Waals surface area contributed by atoms with Gasteiger partial charge < -0.3 is 10.6 Å². The molecular formula is C17H23ClN2S. The molecule has 0 saturated carbocycles. The van der Waals surface area contributed by atoms with Gasteiger partial charge in [-0.3, -0.25) is 0 Å². The second-order valence-corrected chi connectivity index (χ2v) is 6.69. The quantitative estimate of drug-likeness (QED) is 0.800. The number of halogens is 1. The molecule has 2 rings (SSSR count). The minimum absolute atomic E-state index is 0.209. The average Bonchev–Trinajstić information content (AvgIpc) is 2.98. The fraction of sp³-hybridized carbons (Fsp3) is 0.412. The number of thiophene rings is 1. The Morgan fingerprint density at radius 2 is 2.10 bits per heavy atom. The summed E-state index contributed by atoms with van der Waals surface area (Å²) in [6, 6.07) is 10.8. The average molecular weight is 323 g/mol. The molecule has 0 fully saturated rings. The Hall–Kier alpha value is -1.03. The number of nitrogens with two attached hydrogens (primary N) is 1. The van der Waals surface area contributed by atoms with Crippen molar-refractivity contribution in [3.63, 3.8) is 0 Å². The first-order chi connectivity index (χ1) is 10.1. The van der Waals surface area contributed by atoms with Crippen molar-refractivity contribution >= 4 is 28.6 Å². The van der Waals surface area contributed by atoms with E-state index in [0.29, 0.717) is 0 Å². The van der Waals surface area contributed by atoms with Crippen LogP contribution >= 0.6 is 22.9 Å². The Bertz CT molecular complexity index is 554. The molecule has 0 aliphatic carbocycles. The molecule has 0 amide bonds. The maximum Gasteiger partial charge on any atom is 0.0642 e. The first kappa shape index (κ1) is 16.3. The van der Waals surface area contributed by atoms with Crippen LogP contribution in [0.2, 0.25) is 5.02 Å². The second kappa shape index (κ2) is 7.83. The van der Waals surface area contributed by atoms with E-state index in [1.165, 1.54) is 10.4 Å². The van der Waals surface area contributed by atoms with Crippen LogP contribution in [-0.2, 0) is 13.0 Å². The number of rotatable bonds is 7. The summed E-state index contributed by atoms with van der Waals surface area (Å²) in [4.78, 5) is 3.66. The van der Waals surface area contributed by atoms with Gasteiger partial charge in [0.2, 0.25) is 0 Å². The van der Waals surface area contributed by atoms with Crippen molar-refractivity contribution in [3.8, 4) is 0 Å². The fourth-order valence-electron chi connectivity index (χ4n) is 2.34. The molecular weight excluding hydrogens is 300 g/mol. The summed E-state index contributed by atoms with van der Waals surface area (Å²) in [7, 11) is 0.